The van der Waals surface area contributed by atoms with Crippen LogP contribution in [0.1, 0.15) is 265 Å². The second-order valence-electron chi connectivity index (χ2n) is 17.4. The molecule has 0 aliphatic heterocycles. The SMILES string of the molecule is CCC/C=C\CCCCCCCC(=O)OC(COC(=O)CCCCCCCC)COC(=O)CCCCCCCCCCCCCC/C=C\C/C=C\C/C=C\CCCCCCC. The van der Waals surface area contributed by atoms with Crippen LogP contribution >= 0.6 is 0 Å². The molecule has 0 aliphatic carbocycles. The molecule has 0 saturated heterocycles. The van der Waals surface area contributed by atoms with Crippen molar-refractivity contribution in [3.63, 3.8) is 0 Å². The first kappa shape index (κ1) is 58.4. The number of carbonyl (C=O) groups excluding carboxylic acids is 3. The summed E-state index contributed by atoms with van der Waals surface area (Å²) in [6.07, 6.45) is 60.0. The minimum absolute atomic E-state index is 0.0763. The molecule has 0 bridgehead atoms. The first-order valence-electron chi connectivity index (χ1n) is 26.1. The maximum atomic E-state index is 12.7. The highest BCUT2D eigenvalue weighted by atomic mass is 16.6. The lowest BCUT2D eigenvalue weighted by Gasteiger charge is -2.18. The smallest absolute Gasteiger partial charge is 0.306 e. The number of hydrogen-bond donors (Lipinski definition) is 0. The molecule has 61 heavy (non-hydrogen) atoms. The zero-order chi connectivity index (χ0) is 44.4. The molecule has 354 valence electrons. The van der Waals surface area contributed by atoms with Crippen LogP contribution in [0.4, 0.5) is 0 Å². The molecule has 0 fully saturated rings. The van der Waals surface area contributed by atoms with Crippen LogP contribution in [0.2, 0.25) is 0 Å². The molecule has 0 spiro atoms. The van der Waals surface area contributed by atoms with E-state index in [1.54, 1.807) is 0 Å². The Labute approximate surface area is 378 Å². The molecule has 0 aromatic carbocycles. The highest BCUT2D eigenvalue weighted by Crippen LogP contribution is 2.15. The summed E-state index contributed by atoms with van der Waals surface area (Å²) >= 11 is 0. The normalized spacial score (nSPS) is 12.4. The lowest BCUT2D eigenvalue weighted by molar-refractivity contribution is -0.167. The Balaban J connectivity index is 4.03. The number of esters is 3. The molecule has 1 atom stereocenters. The largest absolute Gasteiger partial charge is 0.462 e. The molecular formula is C55H98O6. The van der Waals surface area contributed by atoms with Gasteiger partial charge in [-0.15, -0.1) is 0 Å². The highest BCUT2D eigenvalue weighted by molar-refractivity contribution is 5.71. The summed E-state index contributed by atoms with van der Waals surface area (Å²) in [5.74, 6) is -0.895. The average Bonchev–Trinajstić information content (AvgIpc) is 3.26. The number of unbranched alkanes of at least 4 members (excludes halogenated alkanes) is 28. The molecule has 0 N–H and O–H groups in total. The van der Waals surface area contributed by atoms with Gasteiger partial charge in [0.2, 0.25) is 0 Å². The van der Waals surface area contributed by atoms with E-state index >= 15 is 0 Å². The van der Waals surface area contributed by atoms with E-state index in [-0.39, 0.29) is 31.1 Å². The van der Waals surface area contributed by atoms with E-state index in [1.165, 1.54) is 135 Å². The van der Waals surface area contributed by atoms with Crippen LogP contribution in [0.5, 0.6) is 0 Å². The van der Waals surface area contributed by atoms with Gasteiger partial charge < -0.3 is 14.2 Å². The second kappa shape index (κ2) is 50.0. The summed E-state index contributed by atoms with van der Waals surface area (Å²) in [6.45, 7) is 6.50. The Kier molecular flexibility index (Phi) is 47.9. The third-order valence-corrected chi connectivity index (χ3v) is 11.3. The predicted octanol–water partition coefficient (Wildman–Crippen LogP) is 17.1. The van der Waals surface area contributed by atoms with Gasteiger partial charge >= 0.3 is 17.9 Å². The average molecular weight is 855 g/mol. The van der Waals surface area contributed by atoms with Crippen LogP contribution in [0.25, 0.3) is 0 Å². The van der Waals surface area contributed by atoms with Gasteiger partial charge in [-0.25, -0.2) is 0 Å². The van der Waals surface area contributed by atoms with Crippen LogP contribution < -0.4 is 0 Å². The van der Waals surface area contributed by atoms with E-state index < -0.39 is 6.10 Å². The monoisotopic (exact) mass is 855 g/mol. The molecule has 6 nitrogen and oxygen atoms in total. The molecule has 0 aromatic rings. The van der Waals surface area contributed by atoms with E-state index in [2.05, 4.69) is 69.4 Å². The van der Waals surface area contributed by atoms with Gasteiger partial charge in [0, 0.05) is 19.3 Å². The van der Waals surface area contributed by atoms with E-state index in [4.69, 9.17) is 14.2 Å². The molecule has 0 radical (unpaired) electrons. The number of rotatable bonds is 47. The molecule has 0 heterocycles. The van der Waals surface area contributed by atoms with Crippen molar-refractivity contribution in [2.45, 2.75) is 271 Å². The maximum Gasteiger partial charge on any atom is 0.306 e. The van der Waals surface area contributed by atoms with Gasteiger partial charge in [0.1, 0.15) is 13.2 Å². The first-order valence-corrected chi connectivity index (χ1v) is 26.1. The van der Waals surface area contributed by atoms with Crippen LogP contribution in [0.3, 0.4) is 0 Å². The molecule has 0 rings (SSSR count). The van der Waals surface area contributed by atoms with Crippen molar-refractivity contribution < 1.29 is 28.6 Å². The number of allylic oxidation sites excluding steroid dienone is 8. The van der Waals surface area contributed by atoms with Crippen molar-refractivity contribution in [3.8, 4) is 0 Å². The van der Waals surface area contributed by atoms with Crippen LogP contribution in [-0.2, 0) is 28.6 Å². The van der Waals surface area contributed by atoms with Crippen molar-refractivity contribution >= 4 is 17.9 Å². The van der Waals surface area contributed by atoms with E-state index in [1.807, 2.05) is 0 Å². The first-order chi connectivity index (χ1) is 30.0. The lowest BCUT2D eigenvalue weighted by Crippen LogP contribution is -2.30. The summed E-state index contributed by atoms with van der Waals surface area (Å²) in [7, 11) is 0. The van der Waals surface area contributed by atoms with Crippen molar-refractivity contribution in [1.29, 1.82) is 0 Å². The Morgan fingerprint density at radius 1 is 0.328 bits per heavy atom. The van der Waals surface area contributed by atoms with Crippen molar-refractivity contribution in [2.75, 3.05) is 13.2 Å². The van der Waals surface area contributed by atoms with E-state index in [0.29, 0.717) is 19.3 Å². The van der Waals surface area contributed by atoms with Gasteiger partial charge in [-0.3, -0.25) is 14.4 Å². The molecule has 0 saturated carbocycles. The van der Waals surface area contributed by atoms with Gasteiger partial charge in [-0.05, 0) is 77.0 Å². The standard InChI is InChI=1S/C55H98O6/c1-4-7-10-13-16-18-20-21-22-23-24-25-26-27-28-29-30-31-32-33-34-35-36-38-39-42-45-48-54(57)60-51-52(50-59-53(56)47-44-41-15-12-9-6-3)61-55(58)49-46-43-40-37-19-17-14-11-8-5-2/h11,14,20-21,23-24,26-27,52H,4-10,12-13,15-19,22,25,28-51H2,1-3H3/b14-11-,21-20-,24-23-,27-26-. The molecule has 1 unspecified atom stereocenters. The third-order valence-electron chi connectivity index (χ3n) is 11.3. The summed E-state index contributed by atoms with van der Waals surface area (Å²) < 4.78 is 16.6. The Morgan fingerprint density at radius 3 is 1.00 bits per heavy atom. The fourth-order valence-corrected chi connectivity index (χ4v) is 7.33. The van der Waals surface area contributed by atoms with Gasteiger partial charge in [0.15, 0.2) is 6.10 Å². The van der Waals surface area contributed by atoms with Gasteiger partial charge in [0.25, 0.3) is 0 Å². The zero-order valence-corrected chi connectivity index (χ0v) is 40.4. The number of hydrogen-bond acceptors (Lipinski definition) is 6. The highest BCUT2D eigenvalue weighted by Gasteiger charge is 2.19. The minimum atomic E-state index is -0.771. The molecule has 6 heteroatoms. The van der Waals surface area contributed by atoms with Crippen LogP contribution in [0.15, 0.2) is 48.6 Å². The maximum absolute atomic E-state index is 12.7. The summed E-state index contributed by atoms with van der Waals surface area (Å²) in [6, 6.07) is 0. The fourth-order valence-electron chi connectivity index (χ4n) is 7.33. The van der Waals surface area contributed by atoms with E-state index in [0.717, 1.165) is 89.9 Å². The summed E-state index contributed by atoms with van der Waals surface area (Å²) in [4.78, 5) is 37.6. The lowest BCUT2D eigenvalue weighted by atomic mass is 10.0. The van der Waals surface area contributed by atoms with Gasteiger partial charge in [0.05, 0.1) is 0 Å². The Morgan fingerprint density at radius 2 is 0.623 bits per heavy atom. The molecule has 0 aliphatic rings. The molecular weight excluding hydrogens is 757 g/mol. The van der Waals surface area contributed by atoms with Gasteiger partial charge in [-0.2, -0.15) is 0 Å². The van der Waals surface area contributed by atoms with Gasteiger partial charge in [-0.1, -0.05) is 217 Å². The Bertz CT molecular complexity index is 1070. The topological polar surface area (TPSA) is 78.9 Å². The molecule has 0 amide bonds. The summed E-state index contributed by atoms with van der Waals surface area (Å²) in [5.41, 5.74) is 0. The van der Waals surface area contributed by atoms with E-state index in [9.17, 15) is 14.4 Å². The number of carbonyl (C=O) groups is 3. The second-order valence-corrected chi connectivity index (χ2v) is 17.4. The van der Waals surface area contributed by atoms with Crippen molar-refractivity contribution in [3.05, 3.63) is 48.6 Å². The minimum Gasteiger partial charge on any atom is -0.462 e. The van der Waals surface area contributed by atoms with Crippen LogP contribution in [-0.4, -0.2) is 37.2 Å². The summed E-state index contributed by atoms with van der Waals surface area (Å²) in [5, 5.41) is 0. The molecule has 0 aromatic heterocycles. The van der Waals surface area contributed by atoms with Crippen molar-refractivity contribution in [2.24, 2.45) is 0 Å². The third kappa shape index (κ3) is 48.3. The quantitative estimate of drug-likeness (QED) is 0.0263. The number of ether oxygens (including phenoxy) is 3. The zero-order valence-electron chi connectivity index (χ0n) is 40.4. The predicted molar refractivity (Wildman–Crippen MR) is 261 cm³/mol. The van der Waals surface area contributed by atoms with Crippen molar-refractivity contribution in [1.82, 2.24) is 0 Å². The van der Waals surface area contributed by atoms with Crippen LogP contribution in [0, 0.1) is 0 Å². The Hall–Kier alpha value is -2.63. The fraction of sp³-hybridized carbons (Fsp3) is 0.800.